The summed E-state index contributed by atoms with van der Waals surface area (Å²) in [7, 11) is 0. The van der Waals surface area contributed by atoms with Crippen LogP contribution < -0.4 is 16.2 Å². The molecule has 99 heavy (non-hydrogen) atoms. The third kappa shape index (κ3) is 16.1. The first-order valence-electron chi connectivity index (χ1n) is 34.5. The standard InChI is InChI=1S/C26H28Cl2N4O2.C26H27Cl2N3O2.C24H24Cl2N4O2/c1-16-5-3-6-17(2)31(16)30-26(33)24-21-8-4-7-19(13-18-11-12-34-15-18)25(21)32(29-24)23-10-9-20(27)14-22(23)28;27-19-10-11-23(22(28)15-19)31-25-18(14-17-12-13-33-16-17)6-5-9-21(25)24(30-31)26(32)29-20-7-3-1-2-4-8-20;25-18-7-8-21(20(26)14-18)30-23-17(13-16-9-12-32-15-16)5-4-6-19(23)22(27-30)24(31)28-29-10-2-1-3-11-29/h9-17H,3-8H2,1-2H3,(H,30,33);10-16,20H,1-9H2,(H,29,32);7-9,12-15H,1-6,10-11H2,(H,28,31)/b19-13+;18-14+;17-13+. The number of hydrogen-bond donors (Lipinski definition) is 3. The summed E-state index contributed by atoms with van der Waals surface area (Å²) in [6.45, 7) is 6.04. The van der Waals surface area contributed by atoms with E-state index in [-0.39, 0.29) is 35.8 Å². The predicted molar refractivity (Wildman–Crippen MR) is 393 cm³/mol. The fourth-order valence-corrected chi connectivity index (χ4v) is 16.1. The normalized spacial score (nSPS) is 19.5. The van der Waals surface area contributed by atoms with Crippen LogP contribution in [0.1, 0.15) is 211 Å². The first-order chi connectivity index (χ1) is 48.1. The summed E-state index contributed by atoms with van der Waals surface area (Å²) in [6.07, 6.45) is 37.8. The third-order valence-corrected chi connectivity index (χ3v) is 21.0. The number of piperidine rings is 2. The summed E-state index contributed by atoms with van der Waals surface area (Å²) in [5, 5.41) is 24.9. The number of benzene rings is 3. The molecule has 6 aliphatic rings. The molecule has 0 radical (unpaired) electrons. The van der Waals surface area contributed by atoms with E-state index in [1.165, 1.54) is 25.7 Å². The van der Waals surface area contributed by atoms with Crippen LogP contribution in [0.2, 0.25) is 30.1 Å². The van der Waals surface area contributed by atoms with Gasteiger partial charge in [-0.15, -0.1) is 0 Å². The van der Waals surface area contributed by atoms with Crippen LogP contribution in [0.4, 0.5) is 0 Å². The molecule has 2 saturated heterocycles. The van der Waals surface area contributed by atoms with Gasteiger partial charge in [0.2, 0.25) is 0 Å². The molecule has 15 rings (SSSR count). The van der Waals surface area contributed by atoms with Crippen molar-refractivity contribution < 1.29 is 27.6 Å². The van der Waals surface area contributed by atoms with Gasteiger partial charge < -0.3 is 18.6 Å². The second kappa shape index (κ2) is 32.0. The molecule has 4 aliphatic carbocycles. The minimum absolute atomic E-state index is 0.0912. The number of halogens is 6. The number of hydrazine groups is 2. The predicted octanol–water partition coefficient (Wildman–Crippen LogP) is 19.4. The Balaban J connectivity index is 0.000000133. The van der Waals surface area contributed by atoms with Crippen molar-refractivity contribution in [2.75, 3.05) is 13.1 Å². The van der Waals surface area contributed by atoms with Crippen molar-refractivity contribution in [1.29, 1.82) is 0 Å². The molecule has 8 heterocycles. The summed E-state index contributed by atoms with van der Waals surface area (Å²) in [6, 6.07) is 22.6. The Morgan fingerprint density at radius 1 is 0.434 bits per heavy atom. The van der Waals surface area contributed by atoms with Gasteiger partial charge in [-0.25, -0.2) is 24.1 Å². The maximum atomic E-state index is 13.6. The number of carbonyl (C=O) groups is 3. The number of nitrogens with one attached hydrogen (secondary N) is 3. The minimum Gasteiger partial charge on any atom is -0.472 e. The Morgan fingerprint density at radius 3 is 1.18 bits per heavy atom. The lowest BCUT2D eigenvalue weighted by molar-refractivity contribution is 0.0365. The molecule has 0 bridgehead atoms. The van der Waals surface area contributed by atoms with Gasteiger partial charge in [-0.2, -0.15) is 15.3 Å². The molecule has 2 unspecified atom stereocenters. The van der Waals surface area contributed by atoms with Crippen LogP contribution in [0.15, 0.2) is 124 Å². The summed E-state index contributed by atoms with van der Waals surface area (Å²) in [5.74, 6) is -0.437. The zero-order valence-corrected chi connectivity index (χ0v) is 60.0. The Bertz CT molecular complexity index is 4450. The zero-order chi connectivity index (χ0) is 68.7. The van der Waals surface area contributed by atoms with Crippen LogP contribution in [0.3, 0.4) is 0 Å². The molecule has 2 atom stereocenters. The van der Waals surface area contributed by atoms with E-state index in [0.717, 1.165) is 189 Å². The Hall–Kier alpha value is -7.58. The van der Waals surface area contributed by atoms with Gasteiger partial charge in [0, 0.05) is 79.7 Å². The lowest BCUT2D eigenvalue weighted by atomic mass is 9.90. The molecule has 3 aromatic carbocycles. The SMILES string of the molecule is CC1CCCC(C)N1NC(=O)c1nn(-c2ccc(Cl)cc2Cl)c2c1CCC/C2=C\c1ccoc1.O=C(NC1CCCCCC1)c1nn(-c2ccc(Cl)cc2Cl)c2c1CCC/C2=C\c1ccoc1.O=C(NN1CCCCC1)c1nn(-c2ccc(Cl)cc2Cl)c2c1CCC/C2=C\c1ccoc1. The van der Waals surface area contributed by atoms with Crippen molar-refractivity contribution >= 4 is 122 Å². The van der Waals surface area contributed by atoms with Gasteiger partial charge in [0.1, 0.15) is 0 Å². The molecule has 3 fully saturated rings. The second-order valence-electron chi connectivity index (χ2n) is 26.4. The smallest absolute Gasteiger partial charge is 0.286 e. The summed E-state index contributed by atoms with van der Waals surface area (Å²) in [5.41, 5.74) is 21.6. The van der Waals surface area contributed by atoms with Crippen molar-refractivity contribution in [2.45, 2.75) is 167 Å². The number of nitrogens with zero attached hydrogens (tertiary/aromatic N) is 8. The average Bonchev–Trinajstić information content (AvgIpc) is 1.63. The number of aromatic nitrogens is 6. The first kappa shape index (κ1) is 69.9. The van der Waals surface area contributed by atoms with Gasteiger partial charge in [-0.3, -0.25) is 25.2 Å². The van der Waals surface area contributed by atoms with Crippen LogP contribution in [-0.2, 0) is 19.3 Å². The monoisotopic (exact) mass is 1450 g/mol. The van der Waals surface area contributed by atoms with Crippen molar-refractivity contribution in [3.05, 3.63) is 208 Å². The molecule has 1 saturated carbocycles. The maximum absolute atomic E-state index is 13.6. The molecule has 3 amide bonds. The second-order valence-corrected chi connectivity index (χ2v) is 28.9. The highest BCUT2D eigenvalue weighted by Gasteiger charge is 2.35. The van der Waals surface area contributed by atoms with E-state index in [2.05, 4.69) is 53.3 Å². The van der Waals surface area contributed by atoms with E-state index in [0.29, 0.717) is 64.3 Å². The Labute approximate surface area is 606 Å². The van der Waals surface area contributed by atoms with Crippen LogP contribution in [-0.4, -0.2) is 88.3 Å². The van der Waals surface area contributed by atoms with E-state index in [1.807, 2.05) is 46.1 Å². The topological polar surface area (TPSA) is 187 Å². The fraction of sp³-hybridized carbons (Fsp3) is 0.368. The number of fused-ring (bicyclic) bond motifs is 3. The Kier molecular flexibility index (Phi) is 22.6. The lowest BCUT2D eigenvalue weighted by Crippen LogP contribution is -2.54. The lowest BCUT2D eigenvalue weighted by Gasteiger charge is -2.38. The molecule has 23 heteroatoms. The minimum atomic E-state index is -0.176. The van der Waals surface area contributed by atoms with Gasteiger partial charge in [0.15, 0.2) is 17.1 Å². The third-order valence-electron chi connectivity index (χ3n) is 19.4. The molecular weight excluding hydrogens is 1380 g/mol. The summed E-state index contributed by atoms with van der Waals surface area (Å²) < 4.78 is 21.2. The molecule has 9 aromatic rings. The fourth-order valence-electron chi connectivity index (χ4n) is 14.6. The molecule has 6 aromatic heterocycles. The molecule has 17 nitrogen and oxygen atoms in total. The van der Waals surface area contributed by atoms with Gasteiger partial charge >= 0.3 is 0 Å². The van der Waals surface area contributed by atoms with Crippen molar-refractivity contribution in [1.82, 2.24) is 55.5 Å². The van der Waals surface area contributed by atoms with E-state index in [9.17, 15) is 14.4 Å². The number of rotatable bonds is 12. The molecule has 516 valence electrons. The zero-order valence-electron chi connectivity index (χ0n) is 55.4. The van der Waals surface area contributed by atoms with Crippen LogP contribution in [0, 0.1) is 0 Å². The first-order valence-corrected chi connectivity index (χ1v) is 36.8. The largest absolute Gasteiger partial charge is 0.472 e. The van der Waals surface area contributed by atoms with Crippen LogP contribution in [0.25, 0.3) is 52.0 Å². The van der Waals surface area contributed by atoms with Gasteiger partial charge in [-0.05, 0) is 218 Å². The number of carbonyl (C=O) groups excluding carboxylic acids is 3. The van der Waals surface area contributed by atoms with E-state index in [4.69, 9.17) is 98.2 Å². The number of furan rings is 3. The van der Waals surface area contributed by atoms with Crippen molar-refractivity contribution in [3.63, 3.8) is 0 Å². The van der Waals surface area contributed by atoms with Crippen LogP contribution in [0.5, 0.6) is 0 Å². The highest BCUT2D eigenvalue weighted by molar-refractivity contribution is 6.37. The van der Waals surface area contributed by atoms with Crippen molar-refractivity contribution in [2.24, 2.45) is 0 Å². The van der Waals surface area contributed by atoms with Crippen molar-refractivity contribution in [3.8, 4) is 17.1 Å². The molecule has 3 N–H and O–H groups in total. The average molecular weight is 1460 g/mol. The number of allylic oxidation sites excluding steroid dienone is 3. The summed E-state index contributed by atoms with van der Waals surface area (Å²) >= 11 is 38.2. The van der Waals surface area contributed by atoms with Crippen LogP contribution >= 0.6 is 69.6 Å². The van der Waals surface area contributed by atoms with Gasteiger partial charge in [0.05, 0.1) is 86.8 Å². The highest BCUT2D eigenvalue weighted by atomic mass is 35.5. The maximum Gasteiger partial charge on any atom is 0.286 e. The number of hydrogen-bond acceptors (Lipinski definition) is 11. The molecule has 0 spiro atoms. The summed E-state index contributed by atoms with van der Waals surface area (Å²) in [4.78, 5) is 40.3. The van der Waals surface area contributed by atoms with Gasteiger partial charge in [0.25, 0.3) is 17.7 Å². The quantitative estimate of drug-likeness (QED) is 0.0988. The van der Waals surface area contributed by atoms with E-state index >= 15 is 0 Å². The van der Waals surface area contributed by atoms with E-state index in [1.54, 1.807) is 83.3 Å². The molecule has 2 aliphatic heterocycles. The molecular formula is C76H79Cl6N11O6. The highest BCUT2D eigenvalue weighted by Crippen LogP contribution is 2.42. The van der Waals surface area contributed by atoms with E-state index < -0.39 is 0 Å². The van der Waals surface area contributed by atoms with Gasteiger partial charge in [-0.1, -0.05) is 108 Å². The Morgan fingerprint density at radius 2 is 0.808 bits per heavy atom. The number of amides is 3.